The van der Waals surface area contributed by atoms with Crippen LogP contribution < -0.4 is 10.1 Å². The van der Waals surface area contributed by atoms with E-state index in [4.69, 9.17) is 4.74 Å². The minimum absolute atomic E-state index is 0.196. The maximum absolute atomic E-state index is 12.8. The molecule has 0 saturated carbocycles. The number of benzene rings is 2. The van der Waals surface area contributed by atoms with Gasteiger partial charge in [-0.15, -0.1) is 0 Å². The molecule has 0 aliphatic rings. The Bertz CT molecular complexity index is 633. The fraction of sp³-hybridized carbons (Fsp3) is 0.167. The maximum atomic E-state index is 12.8. The van der Waals surface area contributed by atoms with Gasteiger partial charge < -0.3 is 10.1 Å². The summed E-state index contributed by atoms with van der Waals surface area (Å²) in [6, 6.07) is 13.5. The molecule has 0 atom stereocenters. The first-order valence-corrected chi connectivity index (χ1v) is 7.10. The minimum Gasteiger partial charge on any atom is -0.494 e. The van der Waals surface area contributed by atoms with Gasteiger partial charge in [0.15, 0.2) is 0 Å². The van der Waals surface area contributed by atoms with Crippen LogP contribution in [0.1, 0.15) is 18.1 Å². The highest BCUT2D eigenvalue weighted by molar-refractivity contribution is 5.91. The zero-order valence-electron chi connectivity index (χ0n) is 12.4. The van der Waals surface area contributed by atoms with Crippen LogP contribution in [0.25, 0.3) is 6.08 Å². The second kappa shape index (κ2) is 7.98. The Morgan fingerprint density at radius 3 is 2.45 bits per heavy atom. The van der Waals surface area contributed by atoms with Crippen LogP contribution in [0.3, 0.4) is 0 Å². The molecule has 0 spiro atoms. The molecule has 2 aromatic carbocycles. The number of hydrogen-bond acceptors (Lipinski definition) is 2. The second-order valence-electron chi connectivity index (χ2n) is 4.68. The SMILES string of the molecule is CCOc1ccc(C=CC(=O)NCc2ccc(F)cc2)cc1. The summed E-state index contributed by atoms with van der Waals surface area (Å²) in [6.07, 6.45) is 3.20. The van der Waals surface area contributed by atoms with Gasteiger partial charge in [-0.1, -0.05) is 24.3 Å². The van der Waals surface area contributed by atoms with E-state index in [0.717, 1.165) is 16.9 Å². The van der Waals surface area contributed by atoms with E-state index >= 15 is 0 Å². The van der Waals surface area contributed by atoms with Crippen molar-refractivity contribution in [2.75, 3.05) is 6.61 Å². The number of rotatable bonds is 6. The second-order valence-corrected chi connectivity index (χ2v) is 4.68. The molecule has 0 aromatic heterocycles. The Hall–Kier alpha value is -2.62. The molecule has 0 saturated heterocycles. The third kappa shape index (κ3) is 5.05. The first-order valence-electron chi connectivity index (χ1n) is 7.10. The first kappa shape index (κ1) is 15.8. The number of nitrogens with one attached hydrogen (secondary N) is 1. The van der Waals surface area contributed by atoms with Gasteiger partial charge in [0.25, 0.3) is 0 Å². The molecule has 1 amide bonds. The van der Waals surface area contributed by atoms with Crippen molar-refractivity contribution in [3.05, 3.63) is 71.6 Å². The summed E-state index contributed by atoms with van der Waals surface area (Å²) in [5.74, 6) is 0.323. The molecular weight excluding hydrogens is 281 g/mol. The molecule has 114 valence electrons. The number of ether oxygens (including phenoxy) is 1. The fourth-order valence-electron chi connectivity index (χ4n) is 1.86. The van der Waals surface area contributed by atoms with Gasteiger partial charge in [-0.2, -0.15) is 0 Å². The van der Waals surface area contributed by atoms with Crippen molar-refractivity contribution in [1.29, 1.82) is 0 Å². The normalized spacial score (nSPS) is 10.6. The van der Waals surface area contributed by atoms with Crippen molar-refractivity contribution in [1.82, 2.24) is 5.32 Å². The molecule has 0 aliphatic heterocycles. The summed E-state index contributed by atoms with van der Waals surface area (Å²) in [7, 11) is 0. The van der Waals surface area contributed by atoms with Gasteiger partial charge in [0.1, 0.15) is 11.6 Å². The molecule has 0 unspecified atom stereocenters. The highest BCUT2D eigenvalue weighted by Gasteiger charge is 1.98. The number of halogens is 1. The largest absolute Gasteiger partial charge is 0.494 e. The standard InChI is InChI=1S/C18H18FNO2/c1-2-22-17-10-5-14(6-11-17)7-12-18(21)20-13-15-3-8-16(19)9-4-15/h3-12H,2,13H2,1H3,(H,20,21). The highest BCUT2D eigenvalue weighted by atomic mass is 19.1. The summed E-state index contributed by atoms with van der Waals surface area (Å²) >= 11 is 0. The predicted octanol–water partition coefficient (Wildman–Crippen LogP) is 3.55. The van der Waals surface area contributed by atoms with Gasteiger partial charge in [0, 0.05) is 12.6 Å². The van der Waals surface area contributed by atoms with Crippen molar-refractivity contribution >= 4 is 12.0 Å². The average molecular weight is 299 g/mol. The lowest BCUT2D eigenvalue weighted by Gasteiger charge is -2.03. The van der Waals surface area contributed by atoms with E-state index in [9.17, 15) is 9.18 Å². The maximum Gasteiger partial charge on any atom is 0.244 e. The van der Waals surface area contributed by atoms with Crippen molar-refractivity contribution in [3.63, 3.8) is 0 Å². The average Bonchev–Trinajstić information content (AvgIpc) is 2.54. The van der Waals surface area contributed by atoms with Crippen LogP contribution in [-0.2, 0) is 11.3 Å². The highest BCUT2D eigenvalue weighted by Crippen LogP contribution is 2.13. The number of carbonyl (C=O) groups is 1. The molecule has 2 rings (SSSR count). The molecule has 1 N–H and O–H groups in total. The summed E-state index contributed by atoms with van der Waals surface area (Å²) in [5.41, 5.74) is 1.77. The topological polar surface area (TPSA) is 38.3 Å². The third-order valence-corrected chi connectivity index (χ3v) is 3.00. The molecule has 0 heterocycles. The van der Waals surface area contributed by atoms with E-state index in [1.807, 2.05) is 31.2 Å². The monoisotopic (exact) mass is 299 g/mol. The van der Waals surface area contributed by atoms with E-state index in [2.05, 4.69) is 5.32 Å². The van der Waals surface area contributed by atoms with Crippen LogP contribution >= 0.6 is 0 Å². The van der Waals surface area contributed by atoms with E-state index in [-0.39, 0.29) is 11.7 Å². The van der Waals surface area contributed by atoms with Gasteiger partial charge in [-0.05, 0) is 48.4 Å². The Morgan fingerprint density at radius 1 is 1.14 bits per heavy atom. The Morgan fingerprint density at radius 2 is 1.82 bits per heavy atom. The number of hydrogen-bond donors (Lipinski definition) is 1. The molecule has 22 heavy (non-hydrogen) atoms. The van der Waals surface area contributed by atoms with E-state index in [1.165, 1.54) is 18.2 Å². The van der Waals surface area contributed by atoms with Crippen LogP contribution in [-0.4, -0.2) is 12.5 Å². The Kier molecular flexibility index (Phi) is 5.72. The van der Waals surface area contributed by atoms with Crippen LogP contribution in [0.5, 0.6) is 5.75 Å². The summed E-state index contributed by atoms with van der Waals surface area (Å²) in [6.45, 7) is 2.92. The molecule has 4 heteroatoms. The zero-order chi connectivity index (χ0) is 15.8. The van der Waals surface area contributed by atoms with E-state index < -0.39 is 0 Å². The van der Waals surface area contributed by atoms with Gasteiger partial charge in [0.05, 0.1) is 6.61 Å². The number of carbonyl (C=O) groups excluding carboxylic acids is 1. The lowest BCUT2D eigenvalue weighted by Crippen LogP contribution is -2.20. The Balaban J connectivity index is 1.84. The molecule has 0 fully saturated rings. The fourth-order valence-corrected chi connectivity index (χ4v) is 1.86. The van der Waals surface area contributed by atoms with Gasteiger partial charge >= 0.3 is 0 Å². The van der Waals surface area contributed by atoms with E-state index in [0.29, 0.717) is 13.2 Å². The molecule has 0 aliphatic carbocycles. The first-order chi connectivity index (χ1) is 10.7. The van der Waals surface area contributed by atoms with E-state index in [1.54, 1.807) is 18.2 Å². The van der Waals surface area contributed by atoms with Crippen LogP contribution in [0.15, 0.2) is 54.6 Å². The van der Waals surface area contributed by atoms with Crippen LogP contribution in [0.2, 0.25) is 0 Å². The lowest BCUT2D eigenvalue weighted by atomic mass is 10.2. The van der Waals surface area contributed by atoms with Crippen molar-refractivity contribution < 1.29 is 13.9 Å². The smallest absolute Gasteiger partial charge is 0.244 e. The van der Waals surface area contributed by atoms with Gasteiger partial charge in [-0.25, -0.2) is 4.39 Å². The number of amides is 1. The summed E-state index contributed by atoms with van der Waals surface area (Å²) in [4.78, 5) is 11.7. The predicted molar refractivity (Wildman–Crippen MR) is 84.9 cm³/mol. The Labute approximate surface area is 129 Å². The molecular formula is C18H18FNO2. The molecule has 0 bridgehead atoms. The minimum atomic E-state index is -0.287. The van der Waals surface area contributed by atoms with Crippen LogP contribution in [0.4, 0.5) is 4.39 Å². The van der Waals surface area contributed by atoms with Crippen molar-refractivity contribution in [3.8, 4) is 5.75 Å². The van der Waals surface area contributed by atoms with Crippen LogP contribution in [0, 0.1) is 5.82 Å². The van der Waals surface area contributed by atoms with Gasteiger partial charge in [-0.3, -0.25) is 4.79 Å². The molecule has 3 nitrogen and oxygen atoms in total. The van der Waals surface area contributed by atoms with Crippen molar-refractivity contribution in [2.24, 2.45) is 0 Å². The summed E-state index contributed by atoms with van der Waals surface area (Å²) in [5, 5.41) is 2.75. The van der Waals surface area contributed by atoms with Gasteiger partial charge in [0.2, 0.25) is 5.91 Å². The molecule has 0 radical (unpaired) electrons. The lowest BCUT2D eigenvalue weighted by molar-refractivity contribution is -0.116. The third-order valence-electron chi connectivity index (χ3n) is 3.00. The summed E-state index contributed by atoms with van der Waals surface area (Å²) < 4.78 is 18.1. The quantitative estimate of drug-likeness (QED) is 0.828. The van der Waals surface area contributed by atoms with Crippen molar-refractivity contribution in [2.45, 2.75) is 13.5 Å². The molecule has 2 aromatic rings. The zero-order valence-corrected chi connectivity index (χ0v) is 12.4.